The Balaban J connectivity index is 1.48. The number of phenolic OH excluding ortho intramolecular Hbond substituents is 1. The van der Waals surface area contributed by atoms with Crippen molar-refractivity contribution in [2.45, 2.75) is 24.7 Å². The molecule has 1 aromatic carbocycles. The number of likely N-dealkylation sites (tertiary alicyclic amines) is 1. The monoisotopic (exact) mass is 399 g/mol. The molecule has 150 valence electrons. The fourth-order valence-corrected chi connectivity index (χ4v) is 4.93. The summed E-state index contributed by atoms with van der Waals surface area (Å²) in [6, 6.07) is 6.17. The highest BCUT2D eigenvalue weighted by Crippen LogP contribution is 2.71. The van der Waals surface area contributed by atoms with Gasteiger partial charge in [0.05, 0.1) is 27.8 Å². The minimum absolute atomic E-state index is 0.0473. The predicted molar refractivity (Wildman–Crippen MR) is 102 cm³/mol. The Morgan fingerprint density at radius 1 is 1.24 bits per heavy atom. The molecule has 2 aliphatic rings. The maximum absolute atomic E-state index is 14.9. The first kappa shape index (κ1) is 17.9. The third-order valence-electron chi connectivity index (χ3n) is 6.55. The van der Waals surface area contributed by atoms with Crippen LogP contribution < -0.4 is 5.56 Å². The first-order chi connectivity index (χ1) is 13.8. The molecule has 2 fully saturated rings. The summed E-state index contributed by atoms with van der Waals surface area (Å²) in [4.78, 5) is 32.3. The molecular weight excluding hydrogens is 380 g/mol. The molecule has 3 N–H and O–H groups in total. The van der Waals surface area contributed by atoms with Gasteiger partial charge in [0.15, 0.2) is 0 Å². The van der Waals surface area contributed by atoms with Gasteiger partial charge in [0.2, 0.25) is 0 Å². The number of aromatic nitrogens is 2. The Hall–Kier alpha value is -3.16. The van der Waals surface area contributed by atoms with Gasteiger partial charge in [-0.3, -0.25) is 9.59 Å². The van der Waals surface area contributed by atoms with Crippen LogP contribution >= 0.6 is 0 Å². The molecule has 0 radical (unpaired) electrons. The van der Waals surface area contributed by atoms with Gasteiger partial charge in [0.1, 0.15) is 5.75 Å². The summed E-state index contributed by atoms with van der Waals surface area (Å²) in [5, 5.41) is 10.4. The van der Waals surface area contributed by atoms with E-state index < -0.39 is 28.7 Å². The summed E-state index contributed by atoms with van der Waals surface area (Å²) in [6.07, 6.45) is 3.07. The van der Waals surface area contributed by atoms with Gasteiger partial charge in [0.25, 0.3) is 17.4 Å². The number of carbonyl (C=O) groups is 1. The minimum Gasteiger partial charge on any atom is -0.508 e. The van der Waals surface area contributed by atoms with Gasteiger partial charge in [-0.05, 0) is 25.0 Å². The molecule has 29 heavy (non-hydrogen) atoms. The number of nitrogens with zero attached hydrogens (tertiary/aromatic N) is 1. The van der Waals surface area contributed by atoms with Gasteiger partial charge in [-0.15, -0.1) is 0 Å². The molecule has 3 heterocycles. The van der Waals surface area contributed by atoms with E-state index in [4.69, 9.17) is 0 Å². The quantitative estimate of drug-likeness (QED) is 0.619. The summed E-state index contributed by atoms with van der Waals surface area (Å²) >= 11 is 0. The number of pyridine rings is 1. The highest BCUT2D eigenvalue weighted by Gasteiger charge is 2.82. The van der Waals surface area contributed by atoms with E-state index in [9.17, 15) is 23.5 Å². The lowest BCUT2D eigenvalue weighted by Gasteiger charge is -2.30. The number of aromatic amines is 2. The number of aromatic hydroxyl groups is 1. The molecule has 2 aromatic heterocycles. The van der Waals surface area contributed by atoms with E-state index in [1.807, 2.05) is 0 Å². The van der Waals surface area contributed by atoms with Crippen molar-refractivity contribution in [2.24, 2.45) is 5.92 Å². The van der Waals surface area contributed by atoms with E-state index in [1.165, 1.54) is 23.2 Å². The van der Waals surface area contributed by atoms with Crippen LogP contribution in [0.4, 0.5) is 8.78 Å². The Morgan fingerprint density at radius 3 is 2.72 bits per heavy atom. The Morgan fingerprint density at radius 2 is 2.00 bits per heavy atom. The number of benzene rings is 1. The van der Waals surface area contributed by atoms with E-state index >= 15 is 0 Å². The lowest BCUT2D eigenvalue weighted by atomic mass is 9.86. The molecule has 0 bridgehead atoms. The maximum atomic E-state index is 14.9. The SMILES string of the molecule is Cc1c[nH]c(=O)c2c(C(=O)N3CCC4(c5ccccc5O)C(C3)C4(F)F)c[nH]c12. The topological polar surface area (TPSA) is 89.2 Å². The van der Waals surface area contributed by atoms with Crippen LogP contribution in [0.1, 0.15) is 27.9 Å². The number of alkyl halides is 2. The normalized spacial score (nSPS) is 25.1. The smallest absolute Gasteiger partial charge is 0.263 e. The highest BCUT2D eigenvalue weighted by molar-refractivity contribution is 6.07. The van der Waals surface area contributed by atoms with Crippen molar-refractivity contribution < 1.29 is 18.7 Å². The molecule has 2 atom stereocenters. The number of phenols is 1. The average Bonchev–Trinajstić information content (AvgIpc) is 3.02. The second-order valence-electron chi connectivity index (χ2n) is 7.92. The van der Waals surface area contributed by atoms with Gasteiger partial charge >= 0.3 is 0 Å². The van der Waals surface area contributed by atoms with Crippen molar-refractivity contribution in [3.63, 3.8) is 0 Å². The van der Waals surface area contributed by atoms with Gasteiger partial charge < -0.3 is 20.0 Å². The van der Waals surface area contributed by atoms with Crippen LogP contribution in [-0.4, -0.2) is 44.9 Å². The van der Waals surface area contributed by atoms with Crippen LogP contribution in [0, 0.1) is 12.8 Å². The van der Waals surface area contributed by atoms with Crippen LogP contribution in [-0.2, 0) is 5.41 Å². The molecule has 1 aliphatic carbocycles. The number of hydrogen-bond acceptors (Lipinski definition) is 3. The van der Waals surface area contributed by atoms with E-state index in [2.05, 4.69) is 9.97 Å². The zero-order valence-corrected chi connectivity index (χ0v) is 15.6. The largest absolute Gasteiger partial charge is 0.508 e. The fraction of sp³-hybridized carbons (Fsp3) is 0.333. The van der Waals surface area contributed by atoms with Gasteiger partial charge in [-0.25, -0.2) is 8.78 Å². The molecule has 2 unspecified atom stereocenters. The first-order valence-electron chi connectivity index (χ1n) is 9.44. The van der Waals surface area contributed by atoms with Crippen molar-refractivity contribution in [1.82, 2.24) is 14.9 Å². The van der Waals surface area contributed by atoms with Crippen molar-refractivity contribution in [3.05, 3.63) is 63.7 Å². The number of fused-ring (bicyclic) bond motifs is 2. The Kier molecular flexibility index (Phi) is 3.51. The number of aryl methyl sites for hydroxylation is 1. The second kappa shape index (κ2) is 5.68. The molecule has 1 saturated carbocycles. The first-order valence-corrected chi connectivity index (χ1v) is 9.44. The summed E-state index contributed by atoms with van der Waals surface area (Å²) < 4.78 is 29.7. The van der Waals surface area contributed by atoms with E-state index in [1.54, 1.807) is 25.3 Å². The fourth-order valence-electron chi connectivity index (χ4n) is 4.93. The summed E-state index contributed by atoms with van der Waals surface area (Å²) in [5.74, 6) is -4.66. The average molecular weight is 399 g/mol. The lowest BCUT2D eigenvalue weighted by Crippen LogP contribution is -2.40. The molecule has 8 heteroatoms. The van der Waals surface area contributed by atoms with Crippen LogP contribution in [0.25, 0.3) is 10.9 Å². The molecule has 3 aromatic rings. The van der Waals surface area contributed by atoms with Crippen molar-refractivity contribution in [3.8, 4) is 5.75 Å². The summed E-state index contributed by atoms with van der Waals surface area (Å²) in [6.45, 7) is 1.79. The van der Waals surface area contributed by atoms with Crippen molar-refractivity contribution in [2.75, 3.05) is 13.1 Å². The second-order valence-corrected chi connectivity index (χ2v) is 7.92. The van der Waals surface area contributed by atoms with Gasteiger partial charge in [-0.1, -0.05) is 18.2 Å². The number of amides is 1. The van der Waals surface area contributed by atoms with Crippen LogP contribution in [0.2, 0.25) is 0 Å². The van der Waals surface area contributed by atoms with Crippen molar-refractivity contribution >= 4 is 16.8 Å². The summed E-state index contributed by atoms with van der Waals surface area (Å²) in [5.41, 5.74) is -0.0691. The molecule has 1 amide bonds. The van der Waals surface area contributed by atoms with Gasteiger partial charge in [0, 0.05) is 31.0 Å². The number of nitrogens with one attached hydrogen (secondary N) is 2. The number of para-hydroxylation sites is 1. The molecule has 6 nitrogen and oxygen atoms in total. The van der Waals surface area contributed by atoms with Crippen LogP contribution in [0.5, 0.6) is 5.75 Å². The van der Waals surface area contributed by atoms with Crippen LogP contribution in [0.3, 0.4) is 0 Å². The third kappa shape index (κ3) is 2.19. The van der Waals surface area contributed by atoms with Gasteiger partial charge in [-0.2, -0.15) is 0 Å². The zero-order chi connectivity index (χ0) is 20.6. The highest BCUT2D eigenvalue weighted by atomic mass is 19.3. The molecule has 1 aliphatic heterocycles. The number of rotatable bonds is 2. The molecule has 5 rings (SSSR count). The number of piperidine rings is 1. The Labute approximate surface area is 164 Å². The number of hydrogen-bond donors (Lipinski definition) is 3. The zero-order valence-electron chi connectivity index (χ0n) is 15.6. The minimum atomic E-state index is -3.00. The van der Waals surface area contributed by atoms with E-state index in [-0.39, 0.29) is 41.8 Å². The third-order valence-corrected chi connectivity index (χ3v) is 6.55. The lowest BCUT2D eigenvalue weighted by molar-refractivity contribution is 0.0691. The standard InChI is InChI=1S/C21H19F2N3O3/c1-11-8-25-18(28)16-12(9-24-17(11)16)19(29)26-7-6-20(15(10-26)21(20,22)23)13-4-2-3-5-14(13)27/h2-5,8-9,15,24,27H,6-7,10H2,1H3,(H,25,28). The molecular formula is C21H19F2N3O3. The molecule has 0 spiro atoms. The van der Waals surface area contributed by atoms with E-state index in [0.717, 1.165) is 5.56 Å². The number of carbonyl (C=O) groups excluding carboxylic acids is 1. The predicted octanol–water partition coefficient (Wildman–Crippen LogP) is 2.92. The number of halogens is 2. The Bertz CT molecular complexity index is 1220. The maximum Gasteiger partial charge on any atom is 0.263 e. The summed E-state index contributed by atoms with van der Waals surface area (Å²) in [7, 11) is 0. The van der Waals surface area contributed by atoms with E-state index in [0.29, 0.717) is 5.52 Å². The van der Waals surface area contributed by atoms with Crippen LogP contribution in [0.15, 0.2) is 41.5 Å². The molecule has 1 saturated heterocycles. The van der Waals surface area contributed by atoms with Crippen molar-refractivity contribution in [1.29, 1.82) is 0 Å². The number of H-pyrrole nitrogens is 2.